The maximum atomic E-state index is 11.1. The molecule has 0 aliphatic carbocycles. The average Bonchev–Trinajstić information content (AvgIpc) is 1.87. The van der Waals surface area contributed by atoms with Crippen LogP contribution in [0.25, 0.3) is 0 Å². The summed E-state index contributed by atoms with van der Waals surface area (Å²) in [4.78, 5) is 14.6. The Kier molecular flexibility index (Phi) is 14.5. The van der Waals surface area contributed by atoms with Crippen molar-refractivity contribution in [1.82, 2.24) is 9.80 Å². The lowest BCUT2D eigenvalue weighted by molar-refractivity contribution is -0.129. The second-order valence-electron chi connectivity index (χ2n) is 2.81. The van der Waals surface area contributed by atoms with E-state index in [0.29, 0.717) is 13.1 Å². The Hall–Kier alpha value is -0.0300. The Morgan fingerprint density at radius 3 is 2.00 bits per heavy atom. The molecule has 2 N–H and O–H groups in total. The van der Waals surface area contributed by atoms with Gasteiger partial charge in [0, 0.05) is 27.2 Å². The van der Waals surface area contributed by atoms with E-state index in [1.165, 1.54) is 0 Å². The molecule has 1 amide bonds. The van der Waals surface area contributed by atoms with Crippen molar-refractivity contribution in [2.24, 2.45) is 5.73 Å². The van der Waals surface area contributed by atoms with Crippen LogP contribution in [-0.4, -0.2) is 56.5 Å². The molecule has 0 unspecified atom stereocenters. The molecular formula is C7H19Cl2N3O. The van der Waals surface area contributed by atoms with Gasteiger partial charge in [0.25, 0.3) is 0 Å². The Labute approximate surface area is 92.3 Å². The molecule has 0 bridgehead atoms. The molecule has 4 nitrogen and oxygen atoms in total. The van der Waals surface area contributed by atoms with Gasteiger partial charge in [-0.25, -0.2) is 0 Å². The first-order valence-electron chi connectivity index (χ1n) is 3.66. The van der Waals surface area contributed by atoms with Crippen LogP contribution in [0.1, 0.15) is 0 Å². The van der Waals surface area contributed by atoms with Gasteiger partial charge < -0.3 is 10.6 Å². The first-order valence-corrected chi connectivity index (χ1v) is 3.66. The van der Waals surface area contributed by atoms with Crippen LogP contribution in [-0.2, 0) is 4.79 Å². The van der Waals surface area contributed by atoms with E-state index in [1.54, 1.807) is 19.0 Å². The van der Waals surface area contributed by atoms with Crippen molar-refractivity contribution in [3.8, 4) is 0 Å². The van der Waals surface area contributed by atoms with Crippen molar-refractivity contribution >= 4 is 30.7 Å². The monoisotopic (exact) mass is 231 g/mol. The summed E-state index contributed by atoms with van der Waals surface area (Å²) in [5, 5.41) is 0. The summed E-state index contributed by atoms with van der Waals surface area (Å²) < 4.78 is 0. The second-order valence-corrected chi connectivity index (χ2v) is 2.81. The zero-order valence-corrected chi connectivity index (χ0v) is 9.95. The van der Waals surface area contributed by atoms with E-state index >= 15 is 0 Å². The van der Waals surface area contributed by atoms with Crippen LogP contribution < -0.4 is 5.73 Å². The van der Waals surface area contributed by atoms with Crippen LogP contribution in [0.5, 0.6) is 0 Å². The molecule has 0 aromatic rings. The number of rotatable bonds is 4. The van der Waals surface area contributed by atoms with Gasteiger partial charge in [0.05, 0.1) is 6.54 Å². The number of amides is 1. The van der Waals surface area contributed by atoms with Crippen molar-refractivity contribution in [3.63, 3.8) is 0 Å². The van der Waals surface area contributed by atoms with Gasteiger partial charge in [-0.05, 0) is 7.05 Å². The third kappa shape index (κ3) is 9.89. The molecule has 0 rings (SSSR count). The lowest BCUT2D eigenvalue weighted by atomic mass is 10.4. The molecule has 0 fully saturated rings. The minimum absolute atomic E-state index is 0. The molecule has 0 heterocycles. The van der Waals surface area contributed by atoms with Crippen LogP contribution in [0.4, 0.5) is 0 Å². The number of carbonyl (C=O) groups is 1. The fourth-order valence-electron chi connectivity index (χ4n) is 0.672. The Balaban J connectivity index is -0.000000500. The fourth-order valence-corrected chi connectivity index (χ4v) is 0.672. The van der Waals surface area contributed by atoms with E-state index in [4.69, 9.17) is 5.73 Å². The van der Waals surface area contributed by atoms with Crippen molar-refractivity contribution < 1.29 is 4.79 Å². The molecule has 0 radical (unpaired) electrons. The van der Waals surface area contributed by atoms with Gasteiger partial charge in [0.2, 0.25) is 5.91 Å². The molecule has 0 aliphatic rings. The molecule has 0 atom stereocenters. The number of carbonyl (C=O) groups excluding carboxylic acids is 1. The van der Waals surface area contributed by atoms with Crippen molar-refractivity contribution in [3.05, 3.63) is 0 Å². The third-order valence-corrected chi connectivity index (χ3v) is 1.41. The van der Waals surface area contributed by atoms with Crippen molar-refractivity contribution in [1.29, 1.82) is 0 Å². The van der Waals surface area contributed by atoms with Crippen LogP contribution in [0.15, 0.2) is 0 Å². The lowest BCUT2D eigenvalue weighted by Crippen LogP contribution is -2.36. The predicted molar refractivity (Wildman–Crippen MR) is 59.7 cm³/mol. The van der Waals surface area contributed by atoms with Gasteiger partial charge in [-0.2, -0.15) is 0 Å². The summed E-state index contributed by atoms with van der Waals surface area (Å²) >= 11 is 0. The van der Waals surface area contributed by atoms with E-state index in [-0.39, 0.29) is 30.7 Å². The maximum Gasteiger partial charge on any atom is 0.236 e. The highest BCUT2D eigenvalue weighted by molar-refractivity contribution is 5.85. The lowest BCUT2D eigenvalue weighted by Gasteiger charge is -2.17. The molecule has 0 saturated heterocycles. The minimum Gasteiger partial charge on any atom is -0.348 e. The van der Waals surface area contributed by atoms with E-state index < -0.39 is 0 Å². The molecule has 82 valence electrons. The Bertz CT molecular complexity index is 133. The number of nitrogens with two attached hydrogens (primary N) is 1. The van der Waals surface area contributed by atoms with Gasteiger partial charge in [-0.1, -0.05) is 0 Å². The number of hydrogen-bond acceptors (Lipinski definition) is 3. The summed E-state index contributed by atoms with van der Waals surface area (Å²) in [6.07, 6.45) is 0. The summed E-state index contributed by atoms with van der Waals surface area (Å²) in [6.45, 7) is 1.81. The normalized spacial score (nSPS) is 8.69. The number of halogens is 2. The molecule has 0 aromatic carbocycles. The summed E-state index contributed by atoms with van der Waals surface area (Å²) in [5.41, 5.74) is 5.31. The largest absolute Gasteiger partial charge is 0.348 e. The van der Waals surface area contributed by atoms with E-state index in [9.17, 15) is 4.79 Å². The Morgan fingerprint density at radius 1 is 1.23 bits per heavy atom. The number of nitrogens with zero attached hydrogens (tertiary/aromatic N) is 2. The van der Waals surface area contributed by atoms with Gasteiger partial charge in [-0.15, -0.1) is 24.8 Å². The highest BCUT2D eigenvalue weighted by Crippen LogP contribution is 1.84. The highest BCUT2D eigenvalue weighted by atomic mass is 35.5. The SMILES string of the molecule is CN(CCN)CC(=O)N(C)C.Cl.Cl. The van der Waals surface area contributed by atoms with Gasteiger partial charge in [0.15, 0.2) is 0 Å². The predicted octanol–water partition coefficient (Wildman–Crippen LogP) is -0.191. The zero-order valence-electron chi connectivity index (χ0n) is 8.32. The van der Waals surface area contributed by atoms with Gasteiger partial charge in [-0.3, -0.25) is 9.69 Å². The smallest absolute Gasteiger partial charge is 0.236 e. The molecule has 0 spiro atoms. The molecule has 0 aliphatic heterocycles. The van der Waals surface area contributed by atoms with Crippen molar-refractivity contribution in [2.75, 3.05) is 40.8 Å². The van der Waals surface area contributed by atoms with E-state index in [1.807, 2.05) is 11.9 Å². The standard InChI is InChI=1S/C7H17N3O.2ClH/c1-9(2)7(11)6-10(3)5-4-8;;/h4-6,8H2,1-3H3;2*1H. The van der Waals surface area contributed by atoms with Crippen LogP contribution in [0, 0.1) is 0 Å². The van der Waals surface area contributed by atoms with Crippen molar-refractivity contribution in [2.45, 2.75) is 0 Å². The van der Waals surface area contributed by atoms with E-state index in [0.717, 1.165) is 6.54 Å². The third-order valence-electron chi connectivity index (χ3n) is 1.41. The Morgan fingerprint density at radius 2 is 1.69 bits per heavy atom. The maximum absolute atomic E-state index is 11.1. The molecule has 0 aromatic heterocycles. The summed E-state index contributed by atoms with van der Waals surface area (Å²) in [7, 11) is 5.38. The van der Waals surface area contributed by atoms with Gasteiger partial charge >= 0.3 is 0 Å². The first kappa shape index (κ1) is 18.7. The second kappa shape index (κ2) is 10.1. The highest BCUT2D eigenvalue weighted by Gasteiger charge is 2.06. The quantitative estimate of drug-likeness (QED) is 0.730. The summed E-state index contributed by atoms with van der Waals surface area (Å²) in [6, 6.07) is 0. The molecular weight excluding hydrogens is 213 g/mol. The topological polar surface area (TPSA) is 49.6 Å². The molecule has 0 saturated carbocycles. The van der Waals surface area contributed by atoms with Crippen LogP contribution in [0.3, 0.4) is 0 Å². The summed E-state index contributed by atoms with van der Waals surface area (Å²) in [5.74, 6) is 0.112. The first-order chi connectivity index (χ1) is 5.07. The number of hydrogen-bond donors (Lipinski definition) is 1. The van der Waals surface area contributed by atoms with Gasteiger partial charge in [0.1, 0.15) is 0 Å². The molecule has 6 heteroatoms. The van der Waals surface area contributed by atoms with E-state index in [2.05, 4.69) is 0 Å². The zero-order chi connectivity index (χ0) is 8.85. The number of likely N-dealkylation sites (N-methyl/N-ethyl adjacent to an activating group) is 2. The average molecular weight is 232 g/mol. The fraction of sp³-hybridized carbons (Fsp3) is 0.857. The van der Waals surface area contributed by atoms with Crippen LogP contribution in [0.2, 0.25) is 0 Å². The van der Waals surface area contributed by atoms with Crippen LogP contribution >= 0.6 is 24.8 Å². The molecule has 13 heavy (non-hydrogen) atoms. The minimum atomic E-state index is 0.